The molecule has 5 nitrogen and oxygen atoms in total. The molecule has 2 heterocycles. The van der Waals surface area contributed by atoms with E-state index >= 15 is 0 Å². The van der Waals surface area contributed by atoms with Crippen LogP contribution in [0.5, 0.6) is 0 Å². The number of para-hydroxylation sites is 2. The molecule has 26 heavy (non-hydrogen) atoms. The molecule has 0 saturated carbocycles. The van der Waals surface area contributed by atoms with Gasteiger partial charge in [-0.05, 0) is 24.5 Å². The summed E-state index contributed by atoms with van der Waals surface area (Å²) in [6, 6.07) is 15.8. The fraction of sp³-hybridized carbons (Fsp3) is 0.300. The average molecular weight is 367 g/mol. The fourth-order valence-electron chi connectivity index (χ4n) is 3.30. The Balaban J connectivity index is 1.70. The molecule has 1 fully saturated rings. The van der Waals surface area contributed by atoms with Crippen LogP contribution in [0, 0.1) is 0 Å². The van der Waals surface area contributed by atoms with Crippen molar-refractivity contribution in [2.24, 2.45) is 4.99 Å². The predicted octanol–water partition coefficient (Wildman–Crippen LogP) is 3.17. The van der Waals surface area contributed by atoms with Crippen LogP contribution < -0.4 is 4.90 Å². The molecule has 0 N–H and O–H groups in total. The fourth-order valence-corrected chi connectivity index (χ4v) is 3.83. The van der Waals surface area contributed by atoms with E-state index in [2.05, 4.69) is 4.90 Å². The third-order valence-electron chi connectivity index (χ3n) is 4.66. The van der Waals surface area contributed by atoms with Crippen LogP contribution in [0.4, 0.5) is 11.4 Å². The maximum Gasteiger partial charge on any atom is 0.278 e. The normalized spacial score (nSPS) is 19.2. The van der Waals surface area contributed by atoms with Crippen LogP contribution in [0.15, 0.2) is 58.4 Å². The van der Waals surface area contributed by atoms with Gasteiger partial charge in [-0.2, -0.15) is 0 Å². The van der Waals surface area contributed by atoms with Crippen LogP contribution in [0.3, 0.4) is 0 Å². The van der Waals surface area contributed by atoms with Gasteiger partial charge in [0.2, 0.25) is 0 Å². The Morgan fingerprint density at radius 3 is 2.62 bits per heavy atom. The molecular formula is C20H21N3O2S. The quantitative estimate of drug-likeness (QED) is 0.779. The molecule has 0 radical (unpaired) electrons. The molecule has 0 aromatic heterocycles. The number of hydrogen-bond acceptors (Lipinski definition) is 5. The van der Waals surface area contributed by atoms with Crippen LogP contribution in [-0.2, 0) is 9.53 Å². The first kappa shape index (κ1) is 17.3. The van der Waals surface area contributed by atoms with Gasteiger partial charge in [0.25, 0.3) is 5.91 Å². The van der Waals surface area contributed by atoms with E-state index in [1.54, 1.807) is 11.8 Å². The number of carbonyl (C=O) groups excluding carboxylic acids is 1. The minimum atomic E-state index is -0.0337. The highest BCUT2D eigenvalue weighted by Crippen LogP contribution is 2.33. The first-order chi connectivity index (χ1) is 12.8. The highest BCUT2D eigenvalue weighted by atomic mass is 32.2. The highest BCUT2D eigenvalue weighted by molar-refractivity contribution is 7.98. The second-order valence-corrected chi connectivity index (χ2v) is 7.10. The van der Waals surface area contributed by atoms with Gasteiger partial charge in [0, 0.05) is 23.5 Å². The van der Waals surface area contributed by atoms with Crippen molar-refractivity contribution >= 4 is 34.8 Å². The summed E-state index contributed by atoms with van der Waals surface area (Å²) in [7, 11) is 0. The van der Waals surface area contributed by atoms with Gasteiger partial charge in [-0.1, -0.05) is 30.3 Å². The minimum Gasteiger partial charge on any atom is -0.379 e. The summed E-state index contributed by atoms with van der Waals surface area (Å²) in [5.74, 6) is -0.0337. The van der Waals surface area contributed by atoms with Crippen molar-refractivity contribution in [3.05, 3.63) is 54.1 Å². The van der Waals surface area contributed by atoms with E-state index in [-0.39, 0.29) is 5.91 Å². The zero-order chi connectivity index (χ0) is 17.9. The van der Waals surface area contributed by atoms with Crippen molar-refractivity contribution in [3.63, 3.8) is 0 Å². The van der Waals surface area contributed by atoms with Gasteiger partial charge in [0.15, 0.2) is 0 Å². The van der Waals surface area contributed by atoms with E-state index in [0.717, 1.165) is 34.9 Å². The van der Waals surface area contributed by atoms with Gasteiger partial charge in [-0.25, -0.2) is 4.99 Å². The van der Waals surface area contributed by atoms with Gasteiger partial charge < -0.3 is 4.74 Å². The maximum atomic E-state index is 13.2. The molecule has 0 bridgehead atoms. The molecule has 2 aliphatic rings. The molecule has 1 amide bonds. The second kappa shape index (κ2) is 7.61. The Hall–Kier alpha value is -2.15. The van der Waals surface area contributed by atoms with E-state index in [4.69, 9.17) is 9.73 Å². The first-order valence-electron chi connectivity index (χ1n) is 8.71. The van der Waals surface area contributed by atoms with Crippen molar-refractivity contribution in [3.8, 4) is 0 Å². The number of carbonyl (C=O) groups is 1. The van der Waals surface area contributed by atoms with Crippen molar-refractivity contribution in [2.45, 2.75) is 4.90 Å². The van der Waals surface area contributed by atoms with Gasteiger partial charge in [0.05, 0.1) is 31.3 Å². The lowest BCUT2D eigenvalue weighted by Gasteiger charge is -2.30. The molecule has 134 valence electrons. The number of ether oxygens (including phenoxy) is 1. The van der Waals surface area contributed by atoms with E-state index < -0.39 is 0 Å². The predicted molar refractivity (Wildman–Crippen MR) is 106 cm³/mol. The Morgan fingerprint density at radius 1 is 1.08 bits per heavy atom. The number of anilines is 1. The molecule has 2 aromatic rings. The molecular weight excluding hydrogens is 346 g/mol. The maximum absolute atomic E-state index is 13.2. The Morgan fingerprint density at radius 2 is 1.81 bits per heavy atom. The SMILES string of the molecule is CSc1ccccc1N=C1C(=O)N(CN2CCOCC2)c2ccccc21. The molecule has 2 aromatic carbocycles. The van der Waals surface area contributed by atoms with Crippen molar-refractivity contribution in [1.29, 1.82) is 0 Å². The molecule has 0 atom stereocenters. The Kier molecular flexibility index (Phi) is 5.06. The van der Waals surface area contributed by atoms with E-state index in [0.29, 0.717) is 25.6 Å². The summed E-state index contributed by atoms with van der Waals surface area (Å²) in [5, 5.41) is 0. The molecule has 6 heteroatoms. The lowest BCUT2D eigenvalue weighted by molar-refractivity contribution is -0.112. The molecule has 0 unspecified atom stereocenters. The zero-order valence-electron chi connectivity index (χ0n) is 14.7. The van der Waals surface area contributed by atoms with Gasteiger partial charge in [0.1, 0.15) is 5.71 Å². The van der Waals surface area contributed by atoms with Crippen molar-refractivity contribution in [1.82, 2.24) is 4.90 Å². The average Bonchev–Trinajstić information content (AvgIpc) is 2.95. The third-order valence-corrected chi connectivity index (χ3v) is 5.45. The second-order valence-electron chi connectivity index (χ2n) is 6.25. The Bertz CT molecular complexity index is 846. The van der Waals surface area contributed by atoms with E-state index in [9.17, 15) is 4.79 Å². The number of morpholine rings is 1. The topological polar surface area (TPSA) is 45.1 Å². The van der Waals surface area contributed by atoms with Crippen molar-refractivity contribution < 1.29 is 9.53 Å². The van der Waals surface area contributed by atoms with Gasteiger partial charge in [-0.3, -0.25) is 14.6 Å². The van der Waals surface area contributed by atoms with Gasteiger partial charge in [-0.15, -0.1) is 11.8 Å². The van der Waals surface area contributed by atoms with E-state index in [1.165, 1.54) is 0 Å². The lowest BCUT2D eigenvalue weighted by Crippen LogP contribution is -2.45. The Labute approximate surface area is 157 Å². The van der Waals surface area contributed by atoms with Crippen LogP contribution in [0.2, 0.25) is 0 Å². The molecule has 0 aliphatic carbocycles. The number of benzene rings is 2. The zero-order valence-corrected chi connectivity index (χ0v) is 15.5. The summed E-state index contributed by atoms with van der Waals surface area (Å²) in [6.45, 7) is 3.68. The number of hydrogen-bond donors (Lipinski definition) is 0. The number of thioether (sulfide) groups is 1. The molecule has 1 saturated heterocycles. The lowest BCUT2D eigenvalue weighted by atomic mass is 10.1. The number of rotatable bonds is 4. The smallest absolute Gasteiger partial charge is 0.278 e. The van der Waals surface area contributed by atoms with E-state index in [1.807, 2.05) is 59.7 Å². The van der Waals surface area contributed by atoms with Crippen LogP contribution >= 0.6 is 11.8 Å². The summed E-state index contributed by atoms with van der Waals surface area (Å²) >= 11 is 1.64. The molecule has 4 rings (SSSR count). The number of amides is 1. The molecule has 2 aliphatic heterocycles. The standard InChI is InChI=1S/C20H21N3O2S/c1-26-18-9-5-3-7-16(18)21-19-15-6-2-4-8-17(15)23(20(19)24)14-22-10-12-25-13-11-22/h2-9H,10-14H2,1H3. The number of aliphatic imine (C=N–C) groups is 1. The van der Waals surface area contributed by atoms with Crippen LogP contribution in [-0.4, -0.2) is 55.7 Å². The first-order valence-corrected chi connectivity index (χ1v) is 9.93. The van der Waals surface area contributed by atoms with Crippen LogP contribution in [0.25, 0.3) is 0 Å². The number of nitrogens with zero attached hydrogens (tertiary/aromatic N) is 3. The number of fused-ring (bicyclic) bond motifs is 1. The largest absolute Gasteiger partial charge is 0.379 e. The molecule has 0 spiro atoms. The minimum absolute atomic E-state index is 0.0337. The summed E-state index contributed by atoms with van der Waals surface area (Å²) in [6.07, 6.45) is 2.02. The monoisotopic (exact) mass is 367 g/mol. The van der Waals surface area contributed by atoms with Gasteiger partial charge >= 0.3 is 0 Å². The van der Waals surface area contributed by atoms with Crippen LogP contribution in [0.1, 0.15) is 5.56 Å². The third kappa shape index (κ3) is 3.28. The summed E-state index contributed by atoms with van der Waals surface area (Å²) in [4.78, 5) is 23.1. The summed E-state index contributed by atoms with van der Waals surface area (Å²) < 4.78 is 5.41. The summed E-state index contributed by atoms with van der Waals surface area (Å²) in [5.41, 5.74) is 3.20. The highest BCUT2D eigenvalue weighted by Gasteiger charge is 2.35. The van der Waals surface area contributed by atoms with Crippen molar-refractivity contribution in [2.75, 3.05) is 44.1 Å².